The maximum Gasteiger partial charge on any atom is 0.254 e. The largest absolute Gasteiger partial charge is 0.339 e. The number of hydrogen-bond acceptors (Lipinski definition) is 1. The van der Waals surface area contributed by atoms with Gasteiger partial charge in [-0.15, -0.1) is 0 Å². The molecule has 0 atom stereocenters. The zero-order valence-electron chi connectivity index (χ0n) is 11.0. The van der Waals surface area contributed by atoms with Crippen molar-refractivity contribution in [2.45, 2.75) is 38.0 Å². The van der Waals surface area contributed by atoms with Gasteiger partial charge in [0, 0.05) is 18.7 Å². The highest BCUT2D eigenvalue weighted by molar-refractivity contribution is 6.32. The van der Waals surface area contributed by atoms with Crippen molar-refractivity contribution >= 4 is 19.2 Å². The minimum Gasteiger partial charge on any atom is -0.339 e. The summed E-state index contributed by atoms with van der Waals surface area (Å²) in [4.78, 5) is 14.4. The van der Waals surface area contributed by atoms with Gasteiger partial charge in [-0.1, -0.05) is 11.5 Å². The maximum absolute atomic E-state index is 13.7. The molecule has 98 valence electrons. The first-order valence-corrected chi connectivity index (χ1v) is 7.05. The predicted octanol–water partition coefficient (Wildman–Crippen LogP) is 2.12. The third kappa shape index (κ3) is 2.53. The number of carbonyl (C=O) groups excluding carboxylic acids is 1. The predicted molar refractivity (Wildman–Crippen MR) is 73.5 cm³/mol. The molecule has 1 amide bonds. The van der Waals surface area contributed by atoms with Crippen LogP contribution in [0, 0.1) is 5.82 Å². The van der Waals surface area contributed by atoms with E-state index in [4.69, 9.17) is 7.85 Å². The van der Waals surface area contributed by atoms with E-state index in [-0.39, 0.29) is 11.4 Å². The van der Waals surface area contributed by atoms with Crippen molar-refractivity contribution in [1.82, 2.24) is 4.90 Å². The van der Waals surface area contributed by atoms with Crippen LogP contribution in [0.1, 0.15) is 53.9 Å². The lowest BCUT2D eigenvalue weighted by Crippen LogP contribution is -2.36. The smallest absolute Gasteiger partial charge is 0.254 e. The summed E-state index contributed by atoms with van der Waals surface area (Å²) in [5.41, 5.74) is 1.61. The van der Waals surface area contributed by atoms with Gasteiger partial charge in [0.05, 0.1) is 0 Å². The molecular formula is C15H17BFNO. The molecule has 2 radical (unpaired) electrons. The van der Waals surface area contributed by atoms with Crippen molar-refractivity contribution in [3.8, 4) is 0 Å². The number of halogens is 1. The second-order valence-electron chi connectivity index (χ2n) is 5.59. The Kier molecular flexibility index (Phi) is 3.34. The van der Waals surface area contributed by atoms with Crippen molar-refractivity contribution in [2.75, 3.05) is 13.1 Å². The van der Waals surface area contributed by atoms with E-state index in [1.54, 1.807) is 6.07 Å². The van der Waals surface area contributed by atoms with Crippen molar-refractivity contribution in [3.05, 3.63) is 29.1 Å². The van der Waals surface area contributed by atoms with Crippen molar-refractivity contribution in [3.63, 3.8) is 0 Å². The number of rotatable bonds is 2. The zero-order valence-corrected chi connectivity index (χ0v) is 11.0. The highest BCUT2D eigenvalue weighted by Crippen LogP contribution is 2.41. The molecule has 2 fully saturated rings. The van der Waals surface area contributed by atoms with E-state index in [0.717, 1.165) is 44.3 Å². The van der Waals surface area contributed by atoms with Crippen LogP contribution in [0.3, 0.4) is 0 Å². The lowest BCUT2D eigenvalue weighted by atomic mass is 9.89. The molecule has 2 aliphatic rings. The van der Waals surface area contributed by atoms with E-state index >= 15 is 0 Å². The summed E-state index contributed by atoms with van der Waals surface area (Å²) in [6.45, 7) is 1.57. The number of carbonyl (C=O) groups is 1. The number of likely N-dealkylation sites (tertiary alicyclic amines) is 1. The Balaban J connectivity index is 1.93. The summed E-state index contributed by atoms with van der Waals surface area (Å²) >= 11 is 0. The molecule has 1 aliphatic carbocycles. The van der Waals surface area contributed by atoms with Crippen LogP contribution in [0.4, 0.5) is 4.39 Å². The molecule has 1 aromatic rings. The standard InChI is InChI=1S/C15H17BFNO/c16-13-8-11(10-4-5-10)12(9-14(13)17)15(19)18-6-2-1-3-7-18/h8-10H,1-7H2. The third-order valence-corrected chi connectivity index (χ3v) is 4.06. The van der Waals surface area contributed by atoms with Gasteiger partial charge in [0.15, 0.2) is 0 Å². The van der Waals surface area contributed by atoms with Gasteiger partial charge in [-0.25, -0.2) is 4.39 Å². The Hall–Kier alpha value is -1.32. The molecule has 0 aromatic heterocycles. The molecule has 3 rings (SSSR count). The quantitative estimate of drug-likeness (QED) is 0.743. The zero-order chi connectivity index (χ0) is 13.4. The van der Waals surface area contributed by atoms with Crippen LogP contribution in [0.25, 0.3) is 0 Å². The first-order chi connectivity index (χ1) is 9.16. The molecular weight excluding hydrogens is 240 g/mol. The van der Waals surface area contributed by atoms with Crippen LogP contribution in [0.2, 0.25) is 0 Å². The number of hydrogen-bond donors (Lipinski definition) is 0. The number of amides is 1. The summed E-state index contributed by atoms with van der Waals surface area (Å²) in [7, 11) is 5.63. The molecule has 1 aliphatic heterocycles. The van der Waals surface area contributed by atoms with Crippen molar-refractivity contribution in [2.24, 2.45) is 0 Å². The first-order valence-electron chi connectivity index (χ1n) is 7.05. The molecule has 1 aromatic carbocycles. The van der Waals surface area contributed by atoms with Crippen LogP contribution in [0.15, 0.2) is 12.1 Å². The van der Waals surface area contributed by atoms with Crippen LogP contribution in [-0.2, 0) is 0 Å². The third-order valence-electron chi connectivity index (χ3n) is 4.06. The Morgan fingerprint density at radius 2 is 1.89 bits per heavy atom. The number of nitrogens with zero attached hydrogens (tertiary/aromatic N) is 1. The normalized spacial score (nSPS) is 19.5. The molecule has 1 saturated carbocycles. The van der Waals surface area contributed by atoms with Crippen LogP contribution >= 0.6 is 0 Å². The SMILES string of the molecule is [B]c1cc(C2CC2)c(C(=O)N2CCCCC2)cc1F. The van der Waals surface area contributed by atoms with Gasteiger partial charge in [0.1, 0.15) is 13.7 Å². The van der Waals surface area contributed by atoms with Crippen molar-refractivity contribution < 1.29 is 9.18 Å². The Morgan fingerprint density at radius 3 is 2.53 bits per heavy atom. The van der Waals surface area contributed by atoms with Crippen LogP contribution in [-0.4, -0.2) is 31.7 Å². The summed E-state index contributed by atoms with van der Waals surface area (Å²) in [6, 6.07) is 2.99. The van der Waals surface area contributed by atoms with E-state index in [9.17, 15) is 9.18 Å². The molecule has 0 spiro atoms. The fourth-order valence-electron chi connectivity index (χ4n) is 2.79. The molecule has 1 heterocycles. The average Bonchev–Trinajstić information content (AvgIpc) is 3.26. The fourth-order valence-corrected chi connectivity index (χ4v) is 2.79. The highest BCUT2D eigenvalue weighted by Gasteiger charge is 2.30. The summed E-state index contributed by atoms with van der Waals surface area (Å²) < 4.78 is 13.7. The van der Waals surface area contributed by atoms with Gasteiger partial charge < -0.3 is 4.90 Å². The lowest BCUT2D eigenvalue weighted by Gasteiger charge is -2.27. The molecule has 0 N–H and O–H groups in total. The van der Waals surface area contributed by atoms with Gasteiger partial charge in [-0.05, 0) is 49.7 Å². The van der Waals surface area contributed by atoms with Crippen molar-refractivity contribution in [1.29, 1.82) is 0 Å². The molecule has 19 heavy (non-hydrogen) atoms. The topological polar surface area (TPSA) is 20.3 Å². The molecule has 2 nitrogen and oxygen atoms in total. The second kappa shape index (κ2) is 4.99. The Labute approximate surface area is 114 Å². The molecule has 1 saturated heterocycles. The fraction of sp³-hybridized carbons (Fsp3) is 0.533. The first kappa shape index (κ1) is 12.7. The lowest BCUT2D eigenvalue weighted by molar-refractivity contribution is 0.0722. The van der Waals surface area contributed by atoms with Crippen LogP contribution < -0.4 is 5.46 Å². The van der Waals surface area contributed by atoms with E-state index in [2.05, 4.69) is 0 Å². The summed E-state index contributed by atoms with van der Waals surface area (Å²) in [5, 5.41) is 0. The number of benzene rings is 1. The van der Waals surface area contributed by atoms with Gasteiger partial charge in [-0.3, -0.25) is 4.79 Å². The molecule has 4 heteroatoms. The Morgan fingerprint density at radius 1 is 1.21 bits per heavy atom. The molecule has 0 unspecified atom stereocenters. The van der Waals surface area contributed by atoms with E-state index < -0.39 is 5.82 Å². The average molecular weight is 257 g/mol. The number of piperidine rings is 1. The minimum atomic E-state index is -0.482. The summed E-state index contributed by atoms with van der Waals surface area (Å²) in [6.07, 6.45) is 5.41. The minimum absolute atomic E-state index is 0.0273. The molecule has 0 bridgehead atoms. The van der Waals surface area contributed by atoms with E-state index in [0.29, 0.717) is 11.5 Å². The van der Waals surface area contributed by atoms with Gasteiger partial charge in [-0.2, -0.15) is 0 Å². The maximum atomic E-state index is 13.7. The summed E-state index contributed by atoms with van der Waals surface area (Å²) in [5.74, 6) is -0.114. The van der Waals surface area contributed by atoms with Gasteiger partial charge >= 0.3 is 0 Å². The van der Waals surface area contributed by atoms with Gasteiger partial charge in [0.25, 0.3) is 5.91 Å². The van der Waals surface area contributed by atoms with Gasteiger partial charge in [0.2, 0.25) is 0 Å². The van der Waals surface area contributed by atoms with Crippen LogP contribution in [0.5, 0.6) is 0 Å². The monoisotopic (exact) mass is 257 g/mol. The van der Waals surface area contributed by atoms with E-state index in [1.165, 1.54) is 12.5 Å². The van der Waals surface area contributed by atoms with E-state index in [1.807, 2.05) is 4.90 Å². The second-order valence-corrected chi connectivity index (χ2v) is 5.59. The highest BCUT2D eigenvalue weighted by atomic mass is 19.1. The Bertz CT molecular complexity index is 507.